The molecule has 0 fully saturated rings. The lowest BCUT2D eigenvalue weighted by Gasteiger charge is -2.12. The molecule has 0 aliphatic carbocycles. The molecule has 1 aromatic heterocycles. The van der Waals surface area contributed by atoms with E-state index in [1.54, 1.807) is 0 Å². The third-order valence-corrected chi connectivity index (χ3v) is 1.97. The molecule has 1 rings (SSSR count). The van der Waals surface area contributed by atoms with E-state index in [4.69, 9.17) is 16.7 Å². The minimum Gasteiger partial charge on any atom is -0.481 e. The summed E-state index contributed by atoms with van der Waals surface area (Å²) in [5.74, 6) is -0.115. The molecule has 0 saturated heterocycles. The van der Waals surface area contributed by atoms with Crippen LogP contribution in [0.4, 0.5) is 13.2 Å². The summed E-state index contributed by atoms with van der Waals surface area (Å²) in [6.07, 6.45) is -4.43. The van der Waals surface area contributed by atoms with Crippen LogP contribution in [0.3, 0.4) is 0 Å². The topological polar surface area (TPSA) is 42.4 Å². The largest absolute Gasteiger partial charge is 0.481 e. The van der Waals surface area contributed by atoms with Gasteiger partial charge in [0.25, 0.3) is 0 Å². The summed E-state index contributed by atoms with van der Waals surface area (Å²) in [6, 6.07) is 1.41. The van der Waals surface area contributed by atoms with Crippen LogP contribution in [0.15, 0.2) is 6.07 Å². The zero-order chi connectivity index (χ0) is 12.3. The van der Waals surface area contributed by atoms with Gasteiger partial charge in [0.2, 0.25) is 0 Å². The molecule has 0 aliphatic rings. The first-order chi connectivity index (χ1) is 7.33. The van der Waals surface area contributed by atoms with Crippen LogP contribution in [0.2, 0.25) is 5.15 Å². The van der Waals surface area contributed by atoms with Crippen molar-refractivity contribution in [2.24, 2.45) is 0 Å². The average molecular weight is 256 g/mol. The summed E-state index contributed by atoms with van der Waals surface area (Å²) >= 11 is 5.63. The van der Waals surface area contributed by atoms with Crippen molar-refractivity contribution in [3.05, 3.63) is 22.5 Å². The van der Waals surface area contributed by atoms with Crippen molar-refractivity contribution in [1.82, 2.24) is 4.98 Å². The molecule has 1 heterocycles. The van der Waals surface area contributed by atoms with Gasteiger partial charge < -0.3 is 9.84 Å². The fourth-order valence-corrected chi connectivity index (χ4v) is 1.41. The number of aryl methyl sites for hydroxylation is 1. The SMILES string of the molecule is Cc1cc(CO)nc(Cl)c1OCC(F)(F)F. The van der Waals surface area contributed by atoms with Crippen LogP contribution >= 0.6 is 11.6 Å². The summed E-state index contributed by atoms with van der Waals surface area (Å²) in [6.45, 7) is -0.230. The first-order valence-electron chi connectivity index (χ1n) is 4.30. The van der Waals surface area contributed by atoms with Gasteiger partial charge in [-0.15, -0.1) is 0 Å². The molecule has 0 aliphatic heterocycles. The quantitative estimate of drug-likeness (QED) is 0.844. The van der Waals surface area contributed by atoms with Gasteiger partial charge in [-0.1, -0.05) is 11.6 Å². The van der Waals surface area contributed by atoms with Gasteiger partial charge in [0.05, 0.1) is 12.3 Å². The molecular formula is C9H9ClF3NO2. The van der Waals surface area contributed by atoms with Crippen molar-refractivity contribution < 1.29 is 23.0 Å². The molecule has 0 bridgehead atoms. The van der Waals surface area contributed by atoms with Gasteiger partial charge in [-0.2, -0.15) is 13.2 Å². The number of halogens is 4. The Bertz CT molecular complexity index is 359. The maximum Gasteiger partial charge on any atom is 0.422 e. The van der Waals surface area contributed by atoms with Gasteiger partial charge in [0.15, 0.2) is 17.5 Å². The summed E-state index contributed by atoms with van der Waals surface area (Å²) in [5.41, 5.74) is 0.676. The standard InChI is InChI=1S/C9H9ClF3NO2/c1-5-2-6(3-15)14-8(10)7(5)16-4-9(11,12)13/h2,15H,3-4H2,1H3. The highest BCUT2D eigenvalue weighted by Crippen LogP contribution is 2.29. The number of ether oxygens (including phenoxy) is 1. The van der Waals surface area contributed by atoms with E-state index in [2.05, 4.69) is 9.72 Å². The number of hydrogen-bond acceptors (Lipinski definition) is 3. The maximum absolute atomic E-state index is 11.9. The Morgan fingerprint density at radius 1 is 1.50 bits per heavy atom. The van der Waals surface area contributed by atoms with E-state index in [9.17, 15) is 13.2 Å². The van der Waals surface area contributed by atoms with E-state index in [-0.39, 0.29) is 23.2 Å². The van der Waals surface area contributed by atoms with E-state index >= 15 is 0 Å². The Hall–Kier alpha value is -1.01. The smallest absolute Gasteiger partial charge is 0.422 e. The fraction of sp³-hybridized carbons (Fsp3) is 0.444. The molecule has 1 aromatic rings. The molecule has 90 valence electrons. The van der Waals surface area contributed by atoms with E-state index in [0.717, 1.165) is 0 Å². The van der Waals surface area contributed by atoms with Crippen LogP contribution in [0.5, 0.6) is 5.75 Å². The van der Waals surface area contributed by atoms with Crippen molar-refractivity contribution in [3.63, 3.8) is 0 Å². The Morgan fingerprint density at radius 2 is 2.12 bits per heavy atom. The molecule has 0 aromatic carbocycles. The molecule has 0 radical (unpaired) electrons. The summed E-state index contributed by atoms with van der Waals surface area (Å²) in [7, 11) is 0. The van der Waals surface area contributed by atoms with Gasteiger partial charge in [-0.3, -0.25) is 0 Å². The van der Waals surface area contributed by atoms with Crippen LogP contribution in [0.1, 0.15) is 11.3 Å². The fourth-order valence-electron chi connectivity index (χ4n) is 1.10. The van der Waals surface area contributed by atoms with Crippen molar-refractivity contribution in [3.8, 4) is 5.75 Å². The van der Waals surface area contributed by atoms with Crippen LogP contribution in [-0.4, -0.2) is 22.9 Å². The second-order valence-corrected chi connectivity index (χ2v) is 3.47. The van der Waals surface area contributed by atoms with Crippen molar-refractivity contribution in [2.45, 2.75) is 19.7 Å². The number of aliphatic hydroxyl groups is 1. The number of rotatable bonds is 3. The Morgan fingerprint density at radius 3 is 2.56 bits per heavy atom. The van der Waals surface area contributed by atoms with Gasteiger partial charge >= 0.3 is 6.18 Å². The van der Waals surface area contributed by atoms with Gasteiger partial charge in [0, 0.05) is 0 Å². The highest BCUT2D eigenvalue weighted by molar-refractivity contribution is 6.31. The molecule has 16 heavy (non-hydrogen) atoms. The van der Waals surface area contributed by atoms with Crippen LogP contribution in [0, 0.1) is 6.92 Å². The first-order valence-corrected chi connectivity index (χ1v) is 4.67. The summed E-state index contributed by atoms with van der Waals surface area (Å²) < 4.78 is 40.3. The highest BCUT2D eigenvalue weighted by Gasteiger charge is 2.29. The molecule has 0 amide bonds. The summed E-state index contributed by atoms with van der Waals surface area (Å²) in [4.78, 5) is 3.68. The number of alkyl halides is 3. The number of aromatic nitrogens is 1. The second-order valence-electron chi connectivity index (χ2n) is 3.11. The molecule has 7 heteroatoms. The van der Waals surface area contributed by atoms with Crippen LogP contribution in [-0.2, 0) is 6.61 Å². The zero-order valence-electron chi connectivity index (χ0n) is 8.31. The molecule has 0 saturated carbocycles. The Balaban J connectivity index is 2.88. The second kappa shape index (κ2) is 4.88. The lowest BCUT2D eigenvalue weighted by atomic mass is 10.2. The van der Waals surface area contributed by atoms with E-state index < -0.39 is 12.8 Å². The molecule has 0 unspecified atom stereocenters. The number of aliphatic hydroxyl groups excluding tert-OH is 1. The number of pyridine rings is 1. The lowest BCUT2D eigenvalue weighted by Crippen LogP contribution is -2.20. The molecule has 3 nitrogen and oxygen atoms in total. The van der Waals surface area contributed by atoms with Crippen LogP contribution < -0.4 is 4.74 Å². The predicted molar refractivity (Wildman–Crippen MR) is 51.5 cm³/mol. The Labute approximate surface area is 94.8 Å². The van der Waals surface area contributed by atoms with Crippen LogP contribution in [0.25, 0.3) is 0 Å². The molecule has 1 N–H and O–H groups in total. The first kappa shape index (κ1) is 13.1. The maximum atomic E-state index is 11.9. The third-order valence-electron chi connectivity index (χ3n) is 1.71. The van der Waals surface area contributed by atoms with Crippen molar-refractivity contribution >= 4 is 11.6 Å². The Kier molecular flexibility index (Phi) is 3.98. The third kappa shape index (κ3) is 3.53. The van der Waals surface area contributed by atoms with E-state index in [0.29, 0.717) is 5.56 Å². The minimum atomic E-state index is -4.43. The molecular weight excluding hydrogens is 247 g/mol. The molecule has 0 atom stereocenters. The van der Waals surface area contributed by atoms with E-state index in [1.165, 1.54) is 13.0 Å². The van der Waals surface area contributed by atoms with Crippen molar-refractivity contribution in [2.75, 3.05) is 6.61 Å². The predicted octanol–water partition coefficient (Wildman–Crippen LogP) is 2.48. The number of hydrogen-bond donors (Lipinski definition) is 1. The zero-order valence-corrected chi connectivity index (χ0v) is 9.06. The van der Waals surface area contributed by atoms with E-state index in [1.807, 2.05) is 0 Å². The highest BCUT2D eigenvalue weighted by atomic mass is 35.5. The van der Waals surface area contributed by atoms with Crippen molar-refractivity contribution in [1.29, 1.82) is 0 Å². The normalized spacial score (nSPS) is 11.6. The van der Waals surface area contributed by atoms with Gasteiger partial charge in [-0.05, 0) is 18.6 Å². The average Bonchev–Trinajstić information content (AvgIpc) is 2.14. The monoisotopic (exact) mass is 255 g/mol. The van der Waals surface area contributed by atoms with Gasteiger partial charge in [0.1, 0.15) is 0 Å². The lowest BCUT2D eigenvalue weighted by molar-refractivity contribution is -0.153. The minimum absolute atomic E-state index is 0.115. The number of nitrogens with zero attached hydrogens (tertiary/aromatic N) is 1. The summed E-state index contributed by atoms with van der Waals surface area (Å²) in [5, 5.41) is 8.61. The molecule has 0 spiro atoms. The van der Waals surface area contributed by atoms with Gasteiger partial charge in [-0.25, -0.2) is 4.98 Å².